The molecule has 138 valence electrons. The first-order chi connectivity index (χ1) is 12.6. The van der Waals surface area contributed by atoms with E-state index in [2.05, 4.69) is 5.32 Å². The number of amides is 3. The maximum atomic E-state index is 12.7. The van der Waals surface area contributed by atoms with E-state index in [-0.39, 0.29) is 34.0 Å². The molecule has 1 aliphatic heterocycles. The van der Waals surface area contributed by atoms with Crippen molar-refractivity contribution in [3.05, 3.63) is 69.3 Å². The largest absolute Gasteiger partial charge is 0.347 e. The molecular formula is C19H17N3O5. The average Bonchev–Trinajstić information content (AvgIpc) is 2.84. The molecule has 3 amide bonds. The van der Waals surface area contributed by atoms with Crippen molar-refractivity contribution in [1.82, 2.24) is 5.32 Å². The predicted molar refractivity (Wildman–Crippen MR) is 97.9 cm³/mol. The van der Waals surface area contributed by atoms with E-state index in [9.17, 15) is 24.5 Å². The van der Waals surface area contributed by atoms with Crippen LogP contribution in [0.3, 0.4) is 0 Å². The summed E-state index contributed by atoms with van der Waals surface area (Å²) in [5.74, 6) is -1.46. The van der Waals surface area contributed by atoms with Crippen molar-refractivity contribution in [2.75, 3.05) is 4.90 Å². The minimum Gasteiger partial charge on any atom is -0.347 e. The van der Waals surface area contributed by atoms with E-state index in [1.165, 1.54) is 42.5 Å². The lowest BCUT2D eigenvalue weighted by Gasteiger charge is -2.20. The van der Waals surface area contributed by atoms with Crippen molar-refractivity contribution in [2.45, 2.75) is 26.3 Å². The summed E-state index contributed by atoms with van der Waals surface area (Å²) in [5, 5.41) is 13.6. The average molecular weight is 367 g/mol. The van der Waals surface area contributed by atoms with E-state index in [1.807, 2.05) is 20.8 Å². The highest BCUT2D eigenvalue weighted by molar-refractivity contribution is 6.34. The van der Waals surface area contributed by atoms with Crippen LogP contribution in [-0.2, 0) is 0 Å². The maximum Gasteiger partial charge on any atom is 0.269 e. The molecule has 2 aromatic carbocycles. The number of carbonyl (C=O) groups is 3. The fourth-order valence-corrected chi connectivity index (χ4v) is 2.75. The number of hydrogen-bond acceptors (Lipinski definition) is 5. The molecule has 1 aliphatic rings. The standard InChI is InChI=1S/C19H17N3O5/c1-19(2,3)20-16(23)11-4-9-14-15(10-11)18(25)21(17(14)24)12-5-7-13(8-6-12)22(26)27/h4-10H,1-3H3,(H,20,23). The molecular weight excluding hydrogens is 350 g/mol. The Morgan fingerprint density at radius 2 is 1.59 bits per heavy atom. The van der Waals surface area contributed by atoms with Gasteiger partial charge in [0.25, 0.3) is 23.4 Å². The minimum atomic E-state index is -0.575. The van der Waals surface area contributed by atoms with Gasteiger partial charge in [-0.15, -0.1) is 0 Å². The van der Waals surface area contributed by atoms with Crippen molar-refractivity contribution in [1.29, 1.82) is 0 Å². The highest BCUT2D eigenvalue weighted by Crippen LogP contribution is 2.30. The van der Waals surface area contributed by atoms with Crippen LogP contribution in [0, 0.1) is 10.1 Å². The second-order valence-electron chi connectivity index (χ2n) is 7.18. The molecule has 0 fully saturated rings. The van der Waals surface area contributed by atoms with Crippen LogP contribution in [0.15, 0.2) is 42.5 Å². The summed E-state index contributed by atoms with van der Waals surface area (Å²) in [4.78, 5) is 48.8. The molecule has 0 spiro atoms. The Hall–Kier alpha value is -3.55. The Balaban J connectivity index is 1.93. The lowest BCUT2D eigenvalue weighted by atomic mass is 10.0. The zero-order valence-corrected chi connectivity index (χ0v) is 15.0. The van der Waals surface area contributed by atoms with Crippen molar-refractivity contribution in [3.8, 4) is 0 Å². The molecule has 0 aromatic heterocycles. The number of rotatable bonds is 3. The smallest absolute Gasteiger partial charge is 0.269 e. The van der Waals surface area contributed by atoms with Crippen LogP contribution in [0.4, 0.5) is 11.4 Å². The zero-order chi connectivity index (χ0) is 19.9. The Morgan fingerprint density at radius 3 is 2.15 bits per heavy atom. The first kappa shape index (κ1) is 18.2. The Bertz CT molecular complexity index is 974. The lowest BCUT2D eigenvalue weighted by molar-refractivity contribution is -0.384. The molecule has 8 heteroatoms. The number of nitro groups is 1. The molecule has 3 rings (SSSR count). The summed E-state index contributed by atoms with van der Waals surface area (Å²) in [7, 11) is 0. The van der Waals surface area contributed by atoms with Crippen molar-refractivity contribution < 1.29 is 19.3 Å². The summed E-state index contributed by atoms with van der Waals surface area (Å²) in [6.45, 7) is 5.51. The van der Waals surface area contributed by atoms with Gasteiger partial charge >= 0.3 is 0 Å². The van der Waals surface area contributed by atoms with E-state index in [4.69, 9.17) is 0 Å². The molecule has 0 saturated heterocycles. The molecule has 1 N–H and O–H groups in total. The van der Waals surface area contributed by atoms with Gasteiger partial charge in [-0.2, -0.15) is 0 Å². The lowest BCUT2D eigenvalue weighted by Crippen LogP contribution is -2.40. The molecule has 0 atom stereocenters. The van der Waals surface area contributed by atoms with Gasteiger partial charge in [0.05, 0.1) is 21.7 Å². The van der Waals surface area contributed by atoms with E-state index in [0.29, 0.717) is 0 Å². The molecule has 0 unspecified atom stereocenters. The minimum absolute atomic E-state index is 0.125. The fraction of sp³-hybridized carbons (Fsp3) is 0.211. The molecule has 27 heavy (non-hydrogen) atoms. The monoisotopic (exact) mass is 367 g/mol. The van der Waals surface area contributed by atoms with Gasteiger partial charge in [-0.1, -0.05) is 0 Å². The van der Waals surface area contributed by atoms with Crippen LogP contribution < -0.4 is 10.2 Å². The Kier molecular flexibility index (Phi) is 4.27. The van der Waals surface area contributed by atoms with Crippen LogP contribution in [-0.4, -0.2) is 28.2 Å². The van der Waals surface area contributed by atoms with Crippen molar-refractivity contribution in [2.24, 2.45) is 0 Å². The van der Waals surface area contributed by atoms with Crippen LogP contribution in [0.2, 0.25) is 0 Å². The number of imide groups is 1. The predicted octanol–water partition coefficient (Wildman–Crippen LogP) is 2.92. The summed E-state index contributed by atoms with van der Waals surface area (Å²) >= 11 is 0. The second-order valence-corrected chi connectivity index (χ2v) is 7.18. The van der Waals surface area contributed by atoms with E-state index in [1.54, 1.807) is 0 Å². The van der Waals surface area contributed by atoms with Gasteiger partial charge in [0, 0.05) is 23.2 Å². The Morgan fingerprint density at radius 1 is 1.00 bits per heavy atom. The normalized spacial score (nSPS) is 13.5. The highest BCUT2D eigenvalue weighted by atomic mass is 16.6. The van der Waals surface area contributed by atoms with Crippen LogP contribution in [0.25, 0.3) is 0 Å². The quantitative estimate of drug-likeness (QED) is 0.509. The third-order valence-electron chi connectivity index (χ3n) is 3.96. The number of nitrogens with zero attached hydrogens (tertiary/aromatic N) is 2. The van der Waals surface area contributed by atoms with Gasteiger partial charge in [0.1, 0.15) is 0 Å². The molecule has 0 saturated carbocycles. The van der Waals surface area contributed by atoms with Gasteiger partial charge in [0.2, 0.25) is 0 Å². The number of non-ortho nitro benzene ring substituents is 1. The third-order valence-corrected chi connectivity index (χ3v) is 3.96. The van der Waals surface area contributed by atoms with E-state index >= 15 is 0 Å². The number of anilines is 1. The number of hydrogen-bond donors (Lipinski definition) is 1. The van der Waals surface area contributed by atoms with E-state index in [0.717, 1.165) is 4.90 Å². The van der Waals surface area contributed by atoms with Gasteiger partial charge in [-0.25, -0.2) is 4.90 Å². The first-order valence-corrected chi connectivity index (χ1v) is 8.18. The maximum absolute atomic E-state index is 12.7. The Labute approximate surface area is 154 Å². The fourth-order valence-electron chi connectivity index (χ4n) is 2.75. The number of benzene rings is 2. The topological polar surface area (TPSA) is 110 Å². The van der Waals surface area contributed by atoms with Crippen molar-refractivity contribution in [3.63, 3.8) is 0 Å². The van der Waals surface area contributed by atoms with Crippen LogP contribution >= 0.6 is 0 Å². The third kappa shape index (κ3) is 3.41. The first-order valence-electron chi connectivity index (χ1n) is 8.18. The summed E-state index contributed by atoms with van der Waals surface area (Å²) < 4.78 is 0. The van der Waals surface area contributed by atoms with Crippen molar-refractivity contribution >= 4 is 29.1 Å². The van der Waals surface area contributed by atoms with Gasteiger partial charge < -0.3 is 5.32 Å². The van der Waals surface area contributed by atoms with Crippen LogP contribution in [0.1, 0.15) is 51.8 Å². The summed E-state index contributed by atoms with van der Waals surface area (Å²) in [5.41, 5.74) is 0.228. The molecule has 8 nitrogen and oxygen atoms in total. The zero-order valence-electron chi connectivity index (χ0n) is 15.0. The SMILES string of the molecule is CC(C)(C)NC(=O)c1ccc2c(c1)C(=O)N(c1ccc([N+](=O)[O-])cc1)C2=O. The molecule has 0 aliphatic carbocycles. The number of carbonyl (C=O) groups excluding carboxylic acids is 3. The molecule has 2 aromatic rings. The number of fused-ring (bicyclic) bond motifs is 1. The summed E-state index contributed by atoms with van der Waals surface area (Å²) in [6, 6.07) is 9.45. The van der Waals surface area contributed by atoms with Crippen LogP contribution in [0.5, 0.6) is 0 Å². The number of nitrogens with one attached hydrogen (secondary N) is 1. The second kappa shape index (κ2) is 6.31. The van der Waals surface area contributed by atoms with Gasteiger partial charge in [0.15, 0.2) is 0 Å². The van der Waals surface area contributed by atoms with Gasteiger partial charge in [-0.3, -0.25) is 24.5 Å². The summed E-state index contributed by atoms with van der Waals surface area (Å²) in [6.07, 6.45) is 0. The van der Waals surface area contributed by atoms with Gasteiger partial charge in [-0.05, 0) is 51.1 Å². The molecule has 0 bridgehead atoms. The van der Waals surface area contributed by atoms with E-state index < -0.39 is 22.3 Å². The molecule has 0 radical (unpaired) electrons. The number of nitro benzene ring substituents is 1. The molecule has 1 heterocycles. The highest BCUT2D eigenvalue weighted by Gasteiger charge is 2.37.